The molecular weight excluding hydrogens is 396 g/mol. The number of aromatic nitrogens is 1. The fourth-order valence-electron chi connectivity index (χ4n) is 3.41. The Labute approximate surface area is 170 Å². The number of aryl methyl sites for hydroxylation is 1. The van der Waals surface area contributed by atoms with Gasteiger partial charge in [0.2, 0.25) is 12.6 Å². The van der Waals surface area contributed by atoms with Gasteiger partial charge < -0.3 is 18.8 Å². The number of ether oxygens (including phenoxy) is 3. The summed E-state index contributed by atoms with van der Waals surface area (Å²) >= 11 is 0. The third kappa shape index (κ3) is 3.52. The van der Waals surface area contributed by atoms with Gasteiger partial charge >= 0.3 is 5.97 Å². The summed E-state index contributed by atoms with van der Waals surface area (Å²) in [6, 6.07) is 9.64. The number of carbonyl (C=O) groups is 2. The van der Waals surface area contributed by atoms with E-state index in [4.69, 9.17) is 14.2 Å². The zero-order valence-electron chi connectivity index (χ0n) is 16.2. The molecule has 1 aromatic heterocycles. The number of esters is 1. The number of Topliss-reactive ketones (excluding diaryl/α,β-unsaturated/α-hetero) is 1. The van der Waals surface area contributed by atoms with E-state index in [1.54, 1.807) is 19.1 Å². The Hall–Kier alpha value is -3.68. The Morgan fingerprint density at radius 1 is 1.00 bits per heavy atom. The van der Waals surface area contributed by atoms with E-state index in [0.29, 0.717) is 28.8 Å². The van der Waals surface area contributed by atoms with Crippen molar-refractivity contribution >= 4 is 11.8 Å². The van der Waals surface area contributed by atoms with Crippen molar-refractivity contribution in [3.05, 3.63) is 76.6 Å². The van der Waals surface area contributed by atoms with Crippen LogP contribution in [0.4, 0.5) is 8.78 Å². The van der Waals surface area contributed by atoms with Crippen LogP contribution in [0.3, 0.4) is 0 Å². The first kappa shape index (κ1) is 19.6. The van der Waals surface area contributed by atoms with Gasteiger partial charge in [-0.1, -0.05) is 0 Å². The number of hydrogen-bond acceptors (Lipinski definition) is 5. The van der Waals surface area contributed by atoms with Gasteiger partial charge in [-0.3, -0.25) is 4.79 Å². The van der Waals surface area contributed by atoms with Gasteiger partial charge in [0.25, 0.3) is 0 Å². The molecule has 0 aliphatic carbocycles. The minimum absolute atomic E-state index is 0.159. The summed E-state index contributed by atoms with van der Waals surface area (Å²) in [5.41, 5.74) is 2.18. The molecule has 0 unspecified atom stereocenters. The number of rotatable bonds is 5. The molecule has 4 rings (SSSR count). The van der Waals surface area contributed by atoms with E-state index < -0.39 is 35.6 Å². The third-order valence-corrected chi connectivity index (χ3v) is 4.83. The van der Waals surface area contributed by atoms with Crippen molar-refractivity contribution in [2.45, 2.75) is 13.8 Å². The number of nitrogens with zero attached hydrogens (tertiary/aromatic N) is 1. The van der Waals surface area contributed by atoms with Crippen molar-refractivity contribution in [1.82, 2.24) is 4.57 Å². The highest BCUT2D eigenvalue weighted by atomic mass is 19.1. The molecule has 0 atom stereocenters. The van der Waals surface area contributed by atoms with Gasteiger partial charge in [-0.2, -0.15) is 0 Å². The lowest BCUT2D eigenvalue weighted by atomic mass is 10.1. The van der Waals surface area contributed by atoms with Crippen molar-refractivity contribution in [3.8, 4) is 17.2 Å². The van der Waals surface area contributed by atoms with Gasteiger partial charge in [-0.15, -0.1) is 0 Å². The molecule has 0 N–H and O–H groups in total. The number of hydrogen-bond donors (Lipinski definition) is 0. The van der Waals surface area contributed by atoms with Crippen LogP contribution >= 0.6 is 0 Å². The van der Waals surface area contributed by atoms with E-state index >= 15 is 0 Å². The Morgan fingerprint density at radius 2 is 1.77 bits per heavy atom. The van der Waals surface area contributed by atoms with Crippen LogP contribution in [0, 0.1) is 25.5 Å². The number of fused-ring (bicyclic) bond motifs is 1. The van der Waals surface area contributed by atoms with E-state index in [2.05, 4.69) is 0 Å². The second-order valence-electron chi connectivity index (χ2n) is 6.78. The molecule has 30 heavy (non-hydrogen) atoms. The highest BCUT2D eigenvalue weighted by Crippen LogP contribution is 2.35. The summed E-state index contributed by atoms with van der Waals surface area (Å²) in [6.45, 7) is 3.20. The number of benzene rings is 2. The predicted octanol–water partition coefficient (Wildman–Crippen LogP) is 4.14. The van der Waals surface area contributed by atoms with Crippen LogP contribution in [0.15, 0.2) is 42.5 Å². The maximum absolute atomic E-state index is 13.7. The summed E-state index contributed by atoms with van der Waals surface area (Å²) in [5, 5.41) is 0. The Bertz CT molecular complexity index is 1170. The molecule has 3 aromatic rings. The molecular formula is C22H17F2NO5. The normalized spacial score (nSPS) is 12.1. The molecule has 0 radical (unpaired) electrons. The Morgan fingerprint density at radius 3 is 2.53 bits per heavy atom. The average molecular weight is 413 g/mol. The molecule has 1 aliphatic rings. The molecule has 2 heterocycles. The van der Waals surface area contributed by atoms with Crippen LogP contribution in [0.1, 0.15) is 32.1 Å². The van der Waals surface area contributed by atoms with Crippen LogP contribution in [-0.4, -0.2) is 29.7 Å². The van der Waals surface area contributed by atoms with Crippen LogP contribution < -0.4 is 9.47 Å². The summed E-state index contributed by atoms with van der Waals surface area (Å²) in [5.74, 6) is -2.07. The lowest BCUT2D eigenvalue weighted by Gasteiger charge is -2.11. The maximum atomic E-state index is 13.7. The first-order valence-electron chi connectivity index (χ1n) is 9.09. The van der Waals surface area contributed by atoms with Crippen molar-refractivity contribution in [1.29, 1.82) is 0 Å². The first-order valence-corrected chi connectivity index (χ1v) is 9.09. The van der Waals surface area contributed by atoms with Crippen molar-refractivity contribution in [2.24, 2.45) is 0 Å². The van der Waals surface area contributed by atoms with Gasteiger partial charge in [0, 0.05) is 34.8 Å². The second kappa shape index (κ2) is 7.62. The fraction of sp³-hybridized carbons (Fsp3) is 0.182. The van der Waals surface area contributed by atoms with Gasteiger partial charge in [0.15, 0.2) is 18.1 Å². The fourth-order valence-corrected chi connectivity index (χ4v) is 3.41. The molecule has 6 nitrogen and oxygen atoms in total. The Balaban J connectivity index is 1.52. The van der Waals surface area contributed by atoms with Gasteiger partial charge in [0.1, 0.15) is 11.6 Å². The summed E-state index contributed by atoms with van der Waals surface area (Å²) in [6.07, 6.45) is 0. The highest BCUT2D eigenvalue weighted by Gasteiger charge is 2.21. The lowest BCUT2D eigenvalue weighted by Crippen LogP contribution is -2.16. The zero-order chi connectivity index (χ0) is 21.4. The molecule has 0 saturated heterocycles. The average Bonchev–Trinajstić information content (AvgIpc) is 3.29. The van der Waals surface area contributed by atoms with Gasteiger partial charge in [-0.05, 0) is 44.2 Å². The third-order valence-electron chi connectivity index (χ3n) is 4.83. The van der Waals surface area contributed by atoms with Crippen molar-refractivity contribution in [3.63, 3.8) is 0 Å². The van der Waals surface area contributed by atoms with Crippen molar-refractivity contribution in [2.75, 3.05) is 13.4 Å². The van der Waals surface area contributed by atoms with E-state index in [1.165, 1.54) is 0 Å². The van der Waals surface area contributed by atoms with Crippen LogP contribution in [0.25, 0.3) is 5.69 Å². The standard InChI is InChI=1S/C22H17F2NO5/c1-12-7-17(13(2)25(12)15-4-6-20-21(9-15)30-11-29-20)19(26)10-28-22(27)16-5-3-14(23)8-18(16)24/h3-9H,10-11H2,1-2H3. The molecule has 2 aromatic carbocycles. The van der Waals surface area contributed by atoms with E-state index in [9.17, 15) is 18.4 Å². The Kier molecular flexibility index (Phi) is 4.99. The molecule has 0 saturated carbocycles. The van der Waals surface area contributed by atoms with Crippen LogP contribution in [0.5, 0.6) is 11.5 Å². The molecule has 0 fully saturated rings. The summed E-state index contributed by atoms with van der Waals surface area (Å²) < 4.78 is 44.2. The topological polar surface area (TPSA) is 66.8 Å². The van der Waals surface area contributed by atoms with Gasteiger partial charge in [0.05, 0.1) is 5.56 Å². The summed E-state index contributed by atoms with van der Waals surface area (Å²) in [4.78, 5) is 24.7. The van der Waals surface area contributed by atoms with Crippen molar-refractivity contribution < 1.29 is 32.6 Å². The number of ketones is 1. The number of halogens is 2. The minimum atomic E-state index is -1.05. The largest absolute Gasteiger partial charge is 0.454 e. The highest BCUT2D eigenvalue weighted by molar-refractivity contribution is 6.00. The molecule has 154 valence electrons. The molecule has 1 aliphatic heterocycles. The number of carbonyl (C=O) groups excluding carboxylic acids is 2. The molecule has 0 amide bonds. The molecule has 8 heteroatoms. The van der Waals surface area contributed by atoms with E-state index in [1.807, 2.05) is 23.6 Å². The monoisotopic (exact) mass is 413 g/mol. The lowest BCUT2D eigenvalue weighted by molar-refractivity contribution is 0.0470. The first-order chi connectivity index (χ1) is 14.3. The van der Waals surface area contributed by atoms with Gasteiger partial charge in [-0.25, -0.2) is 13.6 Å². The second-order valence-corrected chi connectivity index (χ2v) is 6.78. The maximum Gasteiger partial charge on any atom is 0.341 e. The van der Waals surface area contributed by atoms with E-state index in [-0.39, 0.29) is 6.79 Å². The quantitative estimate of drug-likeness (QED) is 0.465. The SMILES string of the molecule is Cc1cc(C(=O)COC(=O)c2ccc(F)cc2F)c(C)n1-c1ccc2c(c1)OCO2. The van der Waals surface area contributed by atoms with Crippen LogP contribution in [0.2, 0.25) is 0 Å². The summed E-state index contributed by atoms with van der Waals surface area (Å²) in [7, 11) is 0. The minimum Gasteiger partial charge on any atom is -0.454 e. The molecule has 0 bridgehead atoms. The molecule has 0 spiro atoms. The van der Waals surface area contributed by atoms with E-state index in [0.717, 1.165) is 23.5 Å². The van der Waals surface area contributed by atoms with Crippen LogP contribution in [-0.2, 0) is 4.74 Å². The predicted molar refractivity (Wildman–Crippen MR) is 102 cm³/mol. The smallest absolute Gasteiger partial charge is 0.341 e. The zero-order valence-corrected chi connectivity index (χ0v) is 16.2.